The third-order valence-electron chi connectivity index (χ3n) is 7.25. The summed E-state index contributed by atoms with van der Waals surface area (Å²) in [5.41, 5.74) is 3.58. The minimum atomic E-state index is -0.887. The molecule has 0 bridgehead atoms. The number of nitrogens with zero attached hydrogens (tertiary/aromatic N) is 5. The van der Waals surface area contributed by atoms with E-state index < -0.39 is 11.0 Å². The SMILES string of the molecule is CC(C)(C)C(=O)OCc1cc(-c2ccccc2-c2nnn(C(c3ccccc3)(c3ccccc3)c3ccccc3)n2)no1. The van der Waals surface area contributed by atoms with Crippen molar-refractivity contribution in [2.24, 2.45) is 5.41 Å². The monoisotopic (exact) mass is 569 g/mol. The van der Waals surface area contributed by atoms with E-state index >= 15 is 0 Å². The molecule has 214 valence electrons. The van der Waals surface area contributed by atoms with Crippen LogP contribution in [0.5, 0.6) is 0 Å². The Morgan fingerprint density at radius 3 is 1.79 bits per heavy atom. The van der Waals surface area contributed by atoms with Gasteiger partial charge in [0.1, 0.15) is 5.69 Å². The predicted molar refractivity (Wildman–Crippen MR) is 163 cm³/mol. The third kappa shape index (κ3) is 5.35. The number of hydrogen-bond donors (Lipinski definition) is 0. The zero-order valence-corrected chi connectivity index (χ0v) is 24.2. The minimum absolute atomic E-state index is 0.00650. The van der Waals surface area contributed by atoms with E-state index in [0.29, 0.717) is 17.3 Å². The number of benzene rings is 4. The smallest absolute Gasteiger partial charge is 0.311 e. The molecule has 8 nitrogen and oxygen atoms in total. The topological polar surface area (TPSA) is 95.9 Å². The fraction of sp³-hybridized carbons (Fsp3) is 0.171. The van der Waals surface area contributed by atoms with Gasteiger partial charge in [0.2, 0.25) is 5.82 Å². The lowest BCUT2D eigenvalue weighted by atomic mass is 9.77. The van der Waals surface area contributed by atoms with Crippen LogP contribution in [0.25, 0.3) is 22.6 Å². The summed E-state index contributed by atoms with van der Waals surface area (Å²) in [5.74, 6) is 0.562. The van der Waals surface area contributed by atoms with Crippen molar-refractivity contribution < 1.29 is 14.1 Å². The molecule has 4 aromatic carbocycles. The largest absolute Gasteiger partial charge is 0.457 e. The average Bonchev–Trinajstić information content (AvgIpc) is 3.72. The maximum absolute atomic E-state index is 12.2. The van der Waals surface area contributed by atoms with Gasteiger partial charge in [-0.1, -0.05) is 120 Å². The molecule has 0 N–H and O–H groups in total. The summed E-state index contributed by atoms with van der Waals surface area (Å²) in [4.78, 5) is 13.9. The molecule has 8 heteroatoms. The third-order valence-corrected chi connectivity index (χ3v) is 7.25. The summed E-state index contributed by atoms with van der Waals surface area (Å²) in [6.45, 7) is 5.41. The molecule has 43 heavy (non-hydrogen) atoms. The Labute approximate surface area is 249 Å². The first-order valence-electron chi connectivity index (χ1n) is 14.1. The number of tetrazole rings is 1. The molecule has 0 amide bonds. The number of ether oxygens (including phenoxy) is 1. The van der Waals surface area contributed by atoms with Gasteiger partial charge in [-0.25, -0.2) is 0 Å². The number of aromatic nitrogens is 5. The molecule has 0 saturated carbocycles. The first kappa shape index (κ1) is 27.8. The van der Waals surface area contributed by atoms with Crippen LogP contribution in [0.4, 0.5) is 0 Å². The summed E-state index contributed by atoms with van der Waals surface area (Å²) in [6, 6.07) is 40.1. The van der Waals surface area contributed by atoms with E-state index in [4.69, 9.17) is 14.4 Å². The van der Waals surface area contributed by atoms with Crippen LogP contribution < -0.4 is 0 Å². The van der Waals surface area contributed by atoms with Gasteiger partial charge in [-0.2, -0.15) is 0 Å². The maximum Gasteiger partial charge on any atom is 0.311 e. The Morgan fingerprint density at radius 1 is 0.744 bits per heavy atom. The van der Waals surface area contributed by atoms with Gasteiger partial charge in [0.05, 0.1) is 5.41 Å². The van der Waals surface area contributed by atoms with Crippen molar-refractivity contribution in [3.63, 3.8) is 0 Å². The highest BCUT2D eigenvalue weighted by Gasteiger charge is 2.41. The van der Waals surface area contributed by atoms with Crippen LogP contribution in [0.15, 0.2) is 126 Å². The van der Waals surface area contributed by atoms with E-state index in [1.807, 2.05) is 78.9 Å². The number of hydrogen-bond acceptors (Lipinski definition) is 7. The highest BCUT2D eigenvalue weighted by atomic mass is 16.6. The lowest BCUT2D eigenvalue weighted by molar-refractivity contribution is -0.154. The van der Waals surface area contributed by atoms with Crippen molar-refractivity contribution >= 4 is 5.97 Å². The van der Waals surface area contributed by atoms with Crippen molar-refractivity contribution in [1.29, 1.82) is 0 Å². The lowest BCUT2D eigenvalue weighted by Gasteiger charge is -2.34. The number of carbonyl (C=O) groups is 1. The molecule has 0 unspecified atom stereocenters. The van der Waals surface area contributed by atoms with Crippen molar-refractivity contribution in [1.82, 2.24) is 25.4 Å². The van der Waals surface area contributed by atoms with Crippen LogP contribution >= 0.6 is 0 Å². The molecular weight excluding hydrogens is 538 g/mol. The molecule has 0 saturated heterocycles. The zero-order valence-electron chi connectivity index (χ0n) is 24.2. The van der Waals surface area contributed by atoms with Gasteiger partial charge >= 0.3 is 5.97 Å². The van der Waals surface area contributed by atoms with Crippen LogP contribution in [0.2, 0.25) is 0 Å². The van der Waals surface area contributed by atoms with Crippen LogP contribution in [-0.2, 0) is 21.7 Å². The first-order valence-corrected chi connectivity index (χ1v) is 14.1. The van der Waals surface area contributed by atoms with E-state index in [2.05, 4.69) is 51.9 Å². The zero-order chi connectivity index (χ0) is 29.9. The Balaban J connectivity index is 1.44. The van der Waals surface area contributed by atoms with Crippen LogP contribution in [0, 0.1) is 5.41 Å². The predicted octanol–water partition coefficient (Wildman–Crippen LogP) is 6.92. The minimum Gasteiger partial charge on any atom is -0.457 e. The Bertz CT molecular complexity index is 1730. The van der Waals surface area contributed by atoms with Crippen molar-refractivity contribution in [3.05, 3.63) is 144 Å². The van der Waals surface area contributed by atoms with Gasteiger partial charge in [0.25, 0.3) is 0 Å². The van der Waals surface area contributed by atoms with E-state index in [-0.39, 0.29) is 12.6 Å². The van der Waals surface area contributed by atoms with E-state index in [1.165, 1.54) is 0 Å². The van der Waals surface area contributed by atoms with Crippen LogP contribution in [0.1, 0.15) is 43.2 Å². The second-order valence-corrected chi connectivity index (χ2v) is 11.3. The van der Waals surface area contributed by atoms with Gasteiger partial charge in [-0.3, -0.25) is 4.79 Å². The van der Waals surface area contributed by atoms with Crippen LogP contribution in [0.3, 0.4) is 0 Å². The molecular formula is C35H31N5O3. The molecule has 2 aromatic heterocycles. The highest BCUT2D eigenvalue weighted by Crippen LogP contribution is 2.40. The summed E-state index contributed by atoms with van der Waals surface area (Å²) in [5, 5.41) is 18.5. The number of esters is 1. The Hall–Kier alpha value is -5.37. The maximum atomic E-state index is 12.2. The fourth-order valence-corrected chi connectivity index (χ4v) is 5.11. The van der Waals surface area contributed by atoms with Crippen LogP contribution in [-0.4, -0.2) is 31.3 Å². The highest BCUT2D eigenvalue weighted by molar-refractivity contribution is 5.78. The summed E-state index contributed by atoms with van der Waals surface area (Å²) in [7, 11) is 0. The standard InChI is InChI=1S/C35H31N5O3/c1-34(2,3)33(41)42-24-28-23-31(38-43-28)29-21-13-14-22-30(29)32-36-39-40(37-32)35(25-15-7-4-8-16-25,26-17-9-5-10-18-26)27-19-11-6-12-20-27/h4-23H,24H2,1-3H3. The van der Waals surface area contributed by atoms with Gasteiger partial charge in [0, 0.05) is 17.2 Å². The molecule has 0 aliphatic rings. The lowest BCUT2D eigenvalue weighted by Crippen LogP contribution is -2.39. The van der Waals surface area contributed by atoms with Gasteiger partial charge in [0.15, 0.2) is 17.9 Å². The molecule has 0 aliphatic carbocycles. The molecule has 2 heterocycles. The summed E-state index contributed by atoms with van der Waals surface area (Å²) in [6.07, 6.45) is 0. The second-order valence-electron chi connectivity index (χ2n) is 11.3. The molecule has 6 rings (SSSR count). The normalized spacial score (nSPS) is 11.8. The molecule has 0 spiro atoms. The first-order chi connectivity index (χ1) is 20.9. The second kappa shape index (κ2) is 11.5. The van der Waals surface area contributed by atoms with Crippen molar-refractivity contribution in [2.75, 3.05) is 0 Å². The van der Waals surface area contributed by atoms with Crippen molar-refractivity contribution in [3.8, 4) is 22.6 Å². The van der Waals surface area contributed by atoms with E-state index in [1.54, 1.807) is 31.6 Å². The Kier molecular flexibility index (Phi) is 7.42. The number of carbonyl (C=O) groups excluding carboxylic acids is 1. The molecule has 0 fully saturated rings. The van der Waals surface area contributed by atoms with Gasteiger partial charge < -0.3 is 9.26 Å². The quantitative estimate of drug-likeness (QED) is 0.145. The molecule has 0 radical (unpaired) electrons. The number of rotatable bonds is 8. The van der Waals surface area contributed by atoms with E-state index in [0.717, 1.165) is 27.8 Å². The van der Waals surface area contributed by atoms with Gasteiger partial charge in [-0.05, 0) is 42.7 Å². The Morgan fingerprint density at radius 2 is 1.26 bits per heavy atom. The molecule has 0 atom stereocenters. The van der Waals surface area contributed by atoms with Gasteiger partial charge in [-0.15, -0.1) is 15.0 Å². The fourth-order valence-electron chi connectivity index (χ4n) is 5.11. The van der Waals surface area contributed by atoms with E-state index in [9.17, 15) is 4.79 Å². The molecule has 0 aliphatic heterocycles. The average molecular weight is 570 g/mol. The summed E-state index contributed by atoms with van der Waals surface area (Å²) < 4.78 is 10.9. The molecule has 6 aromatic rings. The van der Waals surface area contributed by atoms with Crippen molar-refractivity contribution in [2.45, 2.75) is 32.9 Å². The summed E-state index contributed by atoms with van der Waals surface area (Å²) >= 11 is 0.